The van der Waals surface area contributed by atoms with E-state index in [1.807, 2.05) is 18.2 Å². The first-order valence-electron chi connectivity index (χ1n) is 5.53. The van der Waals surface area contributed by atoms with Gasteiger partial charge in [0, 0.05) is 5.41 Å². The summed E-state index contributed by atoms with van der Waals surface area (Å²) in [6.07, 6.45) is -0.761. The summed E-state index contributed by atoms with van der Waals surface area (Å²) < 4.78 is 5.38. The highest BCUT2D eigenvalue weighted by molar-refractivity contribution is 6.30. The fourth-order valence-corrected chi connectivity index (χ4v) is 2.31. The number of nitrogens with one attached hydrogen (secondary N) is 1. The molecular formula is C12H13ClN4O2. The number of aliphatic hydroxyl groups excluding tert-OH is 1. The first-order chi connectivity index (χ1) is 8.91. The summed E-state index contributed by atoms with van der Waals surface area (Å²) >= 11 is 5.93. The van der Waals surface area contributed by atoms with Crippen molar-refractivity contribution in [2.75, 3.05) is 13.2 Å². The van der Waals surface area contributed by atoms with Crippen LogP contribution in [0, 0.1) is 44.8 Å². The lowest BCUT2D eigenvalue weighted by molar-refractivity contribution is -0.0794. The monoisotopic (exact) mass is 280 g/mol. The maximum absolute atomic E-state index is 9.39. The number of aliphatic hydroxyl groups is 1. The molecule has 0 aliphatic carbocycles. The van der Waals surface area contributed by atoms with E-state index in [9.17, 15) is 10.5 Å². The average molecular weight is 281 g/mol. The third kappa shape index (κ3) is 2.13. The van der Waals surface area contributed by atoms with Gasteiger partial charge in [0.05, 0.1) is 30.9 Å². The van der Waals surface area contributed by atoms with Gasteiger partial charge in [0.15, 0.2) is 5.41 Å². The predicted octanol–water partition coefficient (Wildman–Crippen LogP) is 0.958. The van der Waals surface area contributed by atoms with Crippen LogP contribution in [0.2, 0.25) is 0 Å². The molecule has 0 aromatic rings. The molecule has 0 aromatic heterocycles. The Morgan fingerprint density at radius 1 is 1.37 bits per heavy atom. The fraction of sp³-hybridized carbons (Fsp3) is 0.583. The zero-order chi connectivity index (χ0) is 14.7. The molecule has 100 valence electrons. The summed E-state index contributed by atoms with van der Waals surface area (Å²) in [5.74, 6) is 0. The SMILES string of the molecule is CC1(C)C(OCCO)NC(Cl)=C(C#N)C1(C#N)C#N. The van der Waals surface area contributed by atoms with Crippen LogP contribution in [0.15, 0.2) is 10.7 Å². The summed E-state index contributed by atoms with van der Waals surface area (Å²) in [6.45, 7) is 3.09. The summed E-state index contributed by atoms with van der Waals surface area (Å²) in [5.41, 5.74) is -2.84. The van der Waals surface area contributed by atoms with Crippen LogP contribution in [0.1, 0.15) is 13.8 Å². The van der Waals surface area contributed by atoms with E-state index in [1.54, 1.807) is 13.8 Å². The second kappa shape index (κ2) is 5.47. The van der Waals surface area contributed by atoms with E-state index < -0.39 is 17.1 Å². The highest BCUT2D eigenvalue weighted by Crippen LogP contribution is 2.50. The number of rotatable bonds is 3. The number of hydrogen-bond donors (Lipinski definition) is 2. The van der Waals surface area contributed by atoms with Crippen molar-refractivity contribution >= 4 is 11.6 Å². The molecule has 1 heterocycles. The molecule has 0 saturated carbocycles. The number of nitriles is 3. The molecule has 6 nitrogen and oxygen atoms in total. The van der Waals surface area contributed by atoms with Gasteiger partial charge in [-0.25, -0.2) is 0 Å². The number of ether oxygens (including phenoxy) is 1. The highest BCUT2D eigenvalue weighted by Gasteiger charge is 2.58. The Balaban J connectivity index is 3.41. The van der Waals surface area contributed by atoms with Crippen LogP contribution in [0.5, 0.6) is 0 Å². The van der Waals surface area contributed by atoms with Crippen molar-refractivity contribution in [3.8, 4) is 18.2 Å². The Bertz CT molecular complexity index is 507. The highest BCUT2D eigenvalue weighted by atomic mass is 35.5. The van der Waals surface area contributed by atoms with Gasteiger partial charge in [0.25, 0.3) is 0 Å². The lowest BCUT2D eigenvalue weighted by Gasteiger charge is -2.45. The minimum atomic E-state index is -1.70. The Hall–Kier alpha value is -1.78. The van der Waals surface area contributed by atoms with E-state index in [1.165, 1.54) is 0 Å². The van der Waals surface area contributed by atoms with Gasteiger partial charge in [0.2, 0.25) is 0 Å². The van der Waals surface area contributed by atoms with Gasteiger partial charge in [-0.05, 0) is 0 Å². The van der Waals surface area contributed by atoms with Crippen LogP contribution in [-0.2, 0) is 4.74 Å². The molecular weight excluding hydrogens is 268 g/mol. The van der Waals surface area contributed by atoms with Crippen molar-refractivity contribution in [1.29, 1.82) is 15.8 Å². The number of halogens is 1. The van der Waals surface area contributed by atoms with E-state index >= 15 is 0 Å². The molecule has 1 atom stereocenters. The smallest absolute Gasteiger partial charge is 0.190 e. The van der Waals surface area contributed by atoms with Gasteiger partial charge in [-0.3, -0.25) is 0 Å². The van der Waals surface area contributed by atoms with Crippen molar-refractivity contribution < 1.29 is 9.84 Å². The molecule has 0 aromatic carbocycles. The van der Waals surface area contributed by atoms with Crippen LogP contribution in [0.25, 0.3) is 0 Å². The lowest BCUT2D eigenvalue weighted by Crippen LogP contribution is -2.56. The van der Waals surface area contributed by atoms with Crippen molar-refractivity contribution in [1.82, 2.24) is 5.32 Å². The van der Waals surface area contributed by atoms with Crippen LogP contribution < -0.4 is 5.32 Å². The van der Waals surface area contributed by atoms with E-state index in [0.29, 0.717) is 0 Å². The summed E-state index contributed by atoms with van der Waals surface area (Å²) in [5, 5.41) is 39.4. The van der Waals surface area contributed by atoms with E-state index in [2.05, 4.69) is 5.32 Å². The number of hydrogen-bond acceptors (Lipinski definition) is 6. The van der Waals surface area contributed by atoms with Gasteiger partial charge < -0.3 is 15.2 Å². The Morgan fingerprint density at radius 3 is 2.37 bits per heavy atom. The van der Waals surface area contributed by atoms with E-state index in [-0.39, 0.29) is 23.9 Å². The summed E-state index contributed by atoms with van der Waals surface area (Å²) in [4.78, 5) is 0. The average Bonchev–Trinajstić information content (AvgIpc) is 2.38. The largest absolute Gasteiger partial charge is 0.394 e. The molecule has 1 unspecified atom stereocenters. The van der Waals surface area contributed by atoms with Gasteiger partial charge in [0.1, 0.15) is 17.5 Å². The minimum Gasteiger partial charge on any atom is -0.394 e. The molecule has 0 fully saturated rings. The number of allylic oxidation sites excluding steroid dienone is 1. The lowest BCUT2D eigenvalue weighted by atomic mass is 9.61. The molecule has 1 aliphatic rings. The quantitative estimate of drug-likeness (QED) is 0.745. The zero-order valence-electron chi connectivity index (χ0n) is 10.6. The first kappa shape index (κ1) is 15.3. The van der Waals surface area contributed by atoms with Crippen LogP contribution in [0.4, 0.5) is 0 Å². The van der Waals surface area contributed by atoms with Crippen molar-refractivity contribution in [3.05, 3.63) is 10.7 Å². The second-order valence-electron chi connectivity index (χ2n) is 4.61. The standard InChI is InChI=1S/C12H13ClN4O2/c1-11(2)10(19-4-3-18)17-9(13)8(5-14)12(11,6-15)7-16/h10,17-18H,3-4H2,1-2H3. The molecule has 7 heteroatoms. The van der Waals surface area contributed by atoms with Crippen LogP contribution in [-0.4, -0.2) is 24.5 Å². The Kier molecular flexibility index (Phi) is 4.39. The summed E-state index contributed by atoms with van der Waals surface area (Å²) in [6, 6.07) is 5.59. The van der Waals surface area contributed by atoms with Crippen molar-refractivity contribution in [3.63, 3.8) is 0 Å². The van der Waals surface area contributed by atoms with Gasteiger partial charge in [-0.15, -0.1) is 0 Å². The van der Waals surface area contributed by atoms with Gasteiger partial charge >= 0.3 is 0 Å². The third-order valence-corrected chi connectivity index (χ3v) is 3.60. The second-order valence-corrected chi connectivity index (χ2v) is 4.99. The van der Waals surface area contributed by atoms with Crippen LogP contribution >= 0.6 is 11.6 Å². The van der Waals surface area contributed by atoms with Gasteiger partial charge in [-0.1, -0.05) is 25.4 Å². The number of nitrogens with zero attached hydrogens (tertiary/aromatic N) is 3. The molecule has 2 N–H and O–H groups in total. The maximum Gasteiger partial charge on any atom is 0.190 e. The third-order valence-electron chi connectivity index (χ3n) is 3.30. The molecule has 0 saturated heterocycles. The molecule has 0 amide bonds. The first-order valence-corrected chi connectivity index (χ1v) is 5.91. The van der Waals surface area contributed by atoms with Crippen molar-refractivity contribution in [2.45, 2.75) is 20.1 Å². The summed E-state index contributed by atoms with van der Waals surface area (Å²) in [7, 11) is 0. The van der Waals surface area contributed by atoms with Crippen molar-refractivity contribution in [2.24, 2.45) is 10.8 Å². The minimum absolute atomic E-state index is 0.0279. The molecule has 19 heavy (non-hydrogen) atoms. The molecule has 0 radical (unpaired) electrons. The molecule has 0 bridgehead atoms. The predicted molar refractivity (Wildman–Crippen MR) is 65.9 cm³/mol. The fourth-order valence-electron chi connectivity index (χ4n) is 2.03. The van der Waals surface area contributed by atoms with Gasteiger partial charge in [-0.2, -0.15) is 15.8 Å². The van der Waals surface area contributed by atoms with Crippen LogP contribution in [0.3, 0.4) is 0 Å². The van der Waals surface area contributed by atoms with E-state index in [4.69, 9.17) is 26.7 Å². The van der Waals surface area contributed by atoms with E-state index in [0.717, 1.165) is 0 Å². The topological polar surface area (TPSA) is 113 Å². The molecule has 1 rings (SSSR count). The Morgan fingerprint density at radius 2 is 1.95 bits per heavy atom. The molecule has 1 aliphatic heterocycles. The zero-order valence-corrected chi connectivity index (χ0v) is 11.3. The Labute approximate surface area is 116 Å². The molecule has 0 spiro atoms. The maximum atomic E-state index is 9.39. The normalized spacial score (nSPS) is 23.7.